The molecule has 7 N–H and O–H groups in total. The van der Waals surface area contributed by atoms with Gasteiger partial charge in [-0.1, -0.05) is 19.3 Å². The van der Waals surface area contributed by atoms with Gasteiger partial charge >= 0.3 is 0 Å². The van der Waals surface area contributed by atoms with Gasteiger partial charge in [0.05, 0.1) is 26.2 Å². The van der Waals surface area contributed by atoms with Gasteiger partial charge in [0.2, 0.25) is 23.6 Å². The second-order valence-corrected chi connectivity index (χ2v) is 14.2. The Labute approximate surface area is 254 Å². The van der Waals surface area contributed by atoms with E-state index in [9.17, 15) is 19.2 Å². The normalized spacial score (nSPS) is 18.4. The molecule has 1 aliphatic heterocycles. The first-order valence-corrected chi connectivity index (χ1v) is 18.0. The molecule has 1 fully saturated rings. The van der Waals surface area contributed by atoms with E-state index in [2.05, 4.69) is 30.6 Å². The van der Waals surface area contributed by atoms with Crippen molar-refractivity contribution in [3.8, 4) is 0 Å². The molecular weight excluding hydrogens is 556 g/mol. The molecule has 1 saturated heterocycles. The van der Waals surface area contributed by atoms with Gasteiger partial charge < -0.3 is 26.9 Å². The first-order valence-electron chi connectivity index (χ1n) is 15.6. The highest BCUT2D eigenvalue weighted by atomic mass is 28.3. The molecule has 0 aromatic carbocycles. The largest absolute Gasteiger partial charge is 0.418 e. The molecule has 0 radical (unpaired) electrons. The number of nitrogens with one attached hydrogen (secondary N) is 1. The van der Waals surface area contributed by atoms with Gasteiger partial charge in [-0.15, -0.1) is 0 Å². The number of nitrogens with zero attached hydrogens (tertiary/aromatic N) is 4. The lowest BCUT2D eigenvalue weighted by atomic mass is 10.2. The van der Waals surface area contributed by atoms with Crippen molar-refractivity contribution in [2.45, 2.75) is 71.1 Å². The predicted octanol–water partition coefficient (Wildman–Crippen LogP) is -1.10. The van der Waals surface area contributed by atoms with E-state index in [-0.39, 0.29) is 32.1 Å². The smallest absolute Gasteiger partial charge is 0.234 e. The minimum Gasteiger partial charge on any atom is -0.418 e. The van der Waals surface area contributed by atoms with E-state index in [1.807, 2.05) is 14.7 Å². The molecule has 0 spiro atoms. The number of carbonyl (C=O) groups is 4. The third-order valence-electron chi connectivity index (χ3n) is 7.23. The number of amides is 4. The highest BCUT2D eigenvalue weighted by Crippen LogP contribution is 2.08. The molecule has 244 valence electrons. The number of nitrogens with two attached hydrogens (primary N) is 3. The maximum absolute atomic E-state index is 12.8. The number of hydrogen-bond acceptors (Lipinski definition) is 9. The van der Waals surface area contributed by atoms with Crippen molar-refractivity contribution in [2.75, 3.05) is 85.1 Å². The van der Waals surface area contributed by atoms with E-state index in [1.54, 1.807) is 0 Å². The van der Waals surface area contributed by atoms with Crippen molar-refractivity contribution in [2.24, 2.45) is 17.2 Å². The molecule has 1 unspecified atom stereocenters. The standard InChI is InChI=1S/C28H58N8O5Si/c1-24(2)41-42(3)19-7-5-4-6-10-32-28(40)23-36-14-9-13-34(21-26(30)38)16-15-33(20-25(29)37)11-8-12-35(17-18-36)22-27(31)39/h24,42H,4-23H2,1-3H3,(H2,29,37)(H2,30,38)(H2,31,39)(H,32,40). The first kappa shape index (κ1) is 37.9. The Balaban J connectivity index is 2.66. The minimum atomic E-state index is -1.06. The third-order valence-corrected chi connectivity index (χ3v) is 9.46. The zero-order valence-corrected chi connectivity index (χ0v) is 27.5. The number of rotatable bonds is 17. The maximum Gasteiger partial charge on any atom is 0.234 e. The van der Waals surface area contributed by atoms with Crippen molar-refractivity contribution in [3.63, 3.8) is 0 Å². The second-order valence-electron chi connectivity index (χ2n) is 11.8. The van der Waals surface area contributed by atoms with Crippen LogP contribution in [-0.2, 0) is 23.6 Å². The van der Waals surface area contributed by atoms with Crippen LogP contribution in [0.1, 0.15) is 52.4 Å². The van der Waals surface area contributed by atoms with E-state index in [1.165, 1.54) is 12.5 Å². The van der Waals surface area contributed by atoms with Gasteiger partial charge in [0, 0.05) is 38.8 Å². The van der Waals surface area contributed by atoms with Crippen LogP contribution in [0.5, 0.6) is 0 Å². The summed E-state index contributed by atoms with van der Waals surface area (Å²) < 4.78 is 5.91. The Hall–Kier alpha value is -2.10. The van der Waals surface area contributed by atoms with Crippen molar-refractivity contribution < 1.29 is 23.6 Å². The maximum atomic E-state index is 12.8. The zero-order valence-electron chi connectivity index (χ0n) is 26.4. The molecule has 42 heavy (non-hydrogen) atoms. The van der Waals surface area contributed by atoms with Crippen LogP contribution < -0.4 is 22.5 Å². The van der Waals surface area contributed by atoms with Gasteiger partial charge in [-0.05, 0) is 71.9 Å². The molecule has 13 nitrogen and oxygen atoms in total. The summed E-state index contributed by atoms with van der Waals surface area (Å²) in [6, 6.07) is 1.19. The Bertz CT molecular complexity index is 806. The molecule has 0 aromatic rings. The fraction of sp³-hybridized carbons (Fsp3) is 0.857. The molecule has 1 aliphatic rings. The van der Waals surface area contributed by atoms with Gasteiger partial charge in [-0.25, -0.2) is 0 Å². The Morgan fingerprint density at radius 1 is 0.667 bits per heavy atom. The third kappa shape index (κ3) is 20.7. The van der Waals surface area contributed by atoms with Crippen LogP contribution in [0.15, 0.2) is 0 Å². The summed E-state index contributed by atoms with van der Waals surface area (Å²) >= 11 is 0. The summed E-state index contributed by atoms with van der Waals surface area (Å²) in [7, 11) is -1.06. The molecular formula is C28H58N8O5Si. The highest BCUT2D eigenvalue weighted by Gasteiger charge is 2.18. The molecule has 4 amide bonds. The number of hydrogen-bond donors (Lipinski definition) is 4. The molecule has 0 bridgehead atoms. The van der Waals surface area contributed by atoms with Gasteiger partial charge in [-0.3, -0.25) is 38.8 Å². The molecule has 1 rings (SSSR count). The topological polar surface area (TPSA) is 181 Å². The lowest BCUT2D eigenvalue weighted by Gasteiger charge is -2.31. The lowest BCUT2D eigenvalue weighted by Crippen LogP contribution is -2.47. The summed E-state index contributed by atoms with van der Waals surface area (Å²) in [5, 5.41) is 3.06. The van der Waals surface area contributed by atoms with Crippen molar-refractivity contribution in [3.05, 3.63) is 0 Å². The molecule has 1 heterocycles. The number of unbranched alkanes of at least 4 members (excludes halogenated alkanes) is 3. The summed E-state index contributed by atoms with van der Waals surface area (Å²) in [6.07, 6.45) is 6.12. The zero-order chi connectivity index (χ0) is 31.3. The Kier molecular flexibility index (Phi) is 20.3. The van der Waals surface area contributed by atoms with E-state index in [0.717, 1.165) is 25.7 Å². The lowest BCUT2D eigenvalue weighted by molar-refractivity contribution is -0.123. The van der Waals surface area contributed by atoms with Crippen molar-refractivity contribution in [1.29, 1.82) is 0 Å². The van der Waals surface area contributed by atoms with Crippen LogP contribution in [0.4, 0.5) is 0 Å². The number of carbonyl (C=O) groups excluding carboxylic acids is 4. The van der Waals surface area contributed by atoms with Crippen LogP contribution >= 0.6 is 0 Å². The summed E-state index contributed by atoms with van der Waals surface area (Å²) in [5.74, 6) is -1.24. The molecule has 0 aromatic heterocycles. The second kappa shape index (κ2) is 22.4. The van der Waals surface area contributed by atoms with Crippen LogP contribution in [0.25, 0.3) is 0 Å². The monoisotopic (exact) mass is 614 g/mol. The highest BCUT2D eigenvalue weighted by molar-refractivity contribution is 6.50. The first-order chi connectivity index (χ1) is 19.9. The average Bonchev–Trinajstić information content (AvgIpc) is 2.87. The van der Waals surface area contributed by atoms with Crippen LogP contribution in [0, 0.1) is 0 Å². The van der Waals surface area contributed by atoms with Gasteiger partial charge in [-0.2, -0.15) is 0 Å². The van der Waals surface area contributed by atoms with Crippen LogP contribution in [0.3, 0.4) is 0 Å². The van der Waals surface area contributed by atoms with Crippen LogP contribution in [-0.4, -0.2) is 143 Å². The molecule has 0 saturated carbocycles. The van der Waals surface area contributed by atoms with Crippen molar-refractivity contribution >= 4 is 32.7 Å². The van der Waals surface area contributed by atoms with E-state index >= 15 is 0 Å². The number of primary amides is 3. The summed E-state index contributed by atoms with van der Waals surface area (Å²) in [4.78, 5) is 55.8. The quantitative estimate of drug-likeness (QED) is 0.117. The predicted molar refractivity (Wildman–Crippen MR) is 168 cm³/mol. The Morgan fingerprint density at radius 3 is 1.48 bits per heavy atom. The van der Waals surface area contributed by atoms with E-state index < -0.39 is 26.8 Å². The SMILES string of the molecule is CC(C)O[SiH](C)CCCCCCNC(=O)CN1CCCN(CC(N)=O)CCN(CC(N)=O)CCCN(CC(N)=O)CC1. The summed E-state index contributed by atoms with van der Waals surface area (Å²) in [5.41, 5.74) is 16.4. The molecule has 1 atom stereocenters. The van der Waals surface area contributed by atoms with Gasteiger partial charge in [0.25, 0.3) is 0 Å². The van der Waals surface area contributed by atoms with Gasteiger partial charge in [0.15, 0.2) is 9.04 Å². The van der Waals surface area contributed by atoms with Gasteiger partial charge in [0.1, 0.15) is 0 Å². The van der Waals surface area contributed by atoms with Crippen molar-refractivity contribution in [1.82, 2.24) is 24.9 Å². The Morgan fingerprint density at radius 2 is 1.07 bits per heavy atom. The fourth-order valence-electron chi connectivity index (χ4n) is 5.27. The average molecular weight is 615 g/mol. The molecule has 14 heteroatoms. The summed E-state index contributed by atoms with van der Waals surface area (Å²) in [6.45, 7) is 12.5. The fourth-order valence-corrected chi connectivity index (χ4v) is 7.20. The van der Waals surface area contributed by atoms with E-state index in [0.29, 0.717) is 71.4 Å². The van der Waals surface area contributed by atoms with Crippen LogP contribution in [0.2, 0.25) is 12.6 Å². The minimum absolute atomic E-state index is 0.0139. The van der Waals surface area contributed by atoms with E-state index in [4.69, 9.17) is 21.6 Å². The molecule has 0 aliphatic carbocycles.